The van der Waals surface area contributed by atoms with Crippen LogP contribution in [0, 0.1) is 18.8 Å². The van der Waals surface area contributed by atoms with E-state index in [2.05, 4.69) is 11.6 Å². The first-order valence-electron chi connectivity index (χ1n) is 15.4. The second-order valence-electron chi connectivity index (χ2n) is 11.8. The molecule has 11 heteroatoms. The van der Waals surface area contributed by atoms with Gasteiger partial charge in [0.05, 0.1) is 53.9 Å². The Morgan fingerprint density at radius 1 is 0.979 bits per heavy atom. The van der Waals surface area contributed by atoms with Crippen molar-refractivity contribution >= 4 is 53.3 Å². The van der Waals surface area contributed by atoms with Crippen LogP contribution in [0.4, 0.5) is 0 Å². The molecule has 0 amide bonds. The number of esters is 2. The third-order valence-electron chi connectivity index (χ3n) is 9.23. The van der Waals surface area contributed by atoms with Crippen molar-refractivity contribution in [1.29, 1.82) is 0 Å². The fourth-order valence-electron chi connectivity index (χ4n) is 6.55. The van der Waals surface area contributed by atoms with E-state index >= 15 is 0 Å². The molecule has 0 spiro atoms. The van der Waals surface area contributed by atoms with Crippen molar-refractivity contribution in [2.24, 2.45) is 26.8 Å². The van der Waals surface area contributed by atoms with Crippen LogP contribution in [0.3, 0.4) is 0 Å². The maximum absolute atomic E-state index is 13.4. The lowest BCUT2D eigenvalue weighted by atomic mass is 9.81. The van der Waals surface area contributed by atoms with Gasteiger partial charge < -0.3 is 24.7 Å². The van der Waals surface area contributed by atoms with E-state index in [1.165, 1.54) is 7.11 Å². The highest BCUT2D eigenvalue weighted by Crippen LogP contribution is 2.42. The molecule has 0 fully saturated rings. The number of H-pyrrole nitrogens is 1. The number of nitrogens with one attached hydrogen (secondary N) is 1. The number of allylic oxidation sites excluding steroid dienone is 6. The maximum Gasteiger partial charge on any atom is 0.373 e. The molecule has 0 unspecified atom stereocenters. The van der Waals surface area contributed by atoms with E-state index < -0.39 is 29.6 Å². The summed E-state index contributed by atoms with van der Waals surface area (Å²) in [6.45, 7) is 13.7. The van der Waals surface area contributed by atoms with Gasteiger partial charge in [-0.05, 0) is 74.1 Å². The fraction of sp³-hybridized carbons (Fsp3) is 0.333. The van der Waals surface area contributed by atoms with Gasteiger partial charge in [0, 0.05) is 40.9 Å². The molecule has 0 aliphatic carbocycles. The highest BCUT2D eigenvalue weighted by atomic mass is 16.5. The summed E-state index contributed by atoms with van der Waals surface area (Å²) in [7, 11) is 2.36. The first kappa shape index (κ1) is 33.1. The highest BCUT2D eigenvalue weighted by molar-refractivity contribution is 6.41. The van der Waals surface area contributed by atoms with E-state index in [0.717, 1.165) is 46.5 Å². The number of carboxylic acid groups (broad SMARTS) is 1. The minimum absolute atomic E-state index is 0.0245. The number of aliphatic carboxylic acids is 1. The molecule has 0 radical (unpaired) electrons. The largest absolute Gasteiger partial charge is 0.501 e. The lowest BCUT2D eigenvalue weighted by Gasteiger charge is -2.20. The molecule has 11 nitrogen and oxygen atoms in total. The predicted molar refractivity (Wildman–Crippen MR) is 181 cm³/mol. The van der Waals surface area contributed by atoms with Gasteiger partial charge in [-0.25, -0.2) is 19.6 Å². The van der Waals surface area contributed by atoms with Gasteiger partial charge in [0.2, 0.25) is 5.76 Å². The number of carboxylic acids is 1. The van der Waals surface area contributed by atoms with E-state index in [0.29, 0.717) is 29.1 Å². The van der Waals surface area contributed by atoms with E-state index in [1.54, 1.807) is 19.1 Å². The van der Waals surface area contributed by atoms with E-state index in [4.69, 9.17) is 24.5 Å². The monoisotopic (exact) mass is 638 g/mol. The number of methoxy groups -OCH3 is 2. The van der Waals surface area contributed by atoms with Crippen molar-refractivity contribution < 1.29 is 34.1 Å². The van der Waals surface area contributed by atoms with Gasteiger partial charge >= 0.3 is 17.9 Å². The SMILES string of the molecule is C=Cc1c2[nH]c(c1C)C=C1N=C(/C(=C(/O)C(=O)OC)C3=NC(=CC4=NC(=C2)C(C)=C4CC)C(C)=C3C(=O)OC)[C@@H](CCC(=O)O)[C@@H]1C. The molecule has 47 heavy (non-hydrogen) atoms. The van der Waals surface area contributed by atoms with Crippen molar-refractivity contribution in [3.8, 4) is 0 Å². The number of aliphatic hydroxyl groups excluding tert-OH is 1. The van der Waals surface area contributed by atoms with Crippen LogP contribution in [0.25, 0.3) is 18.2 Å². The Bertz CT molecular complexity index is 1920. The number of hydrogen-bond acceptors (Lipinski definition) is 9. The molecule has 8 bridgehead atoms. The molecule has 1 aromatic heterocycles. The molecule has 0 saturated heterocycles. The van der Waals surface area contributed by atoms with Crippen molar-refractivity contribution in [3.63, 3.8) is 0 Å². The van der Waals surface area contributed by atoms with Crippen molar-refractivity contribution in [3.05, 3.63) is 85.9 Å². The Hall–Kier alpha value is -5.32. The molecule has 0 saturated carbocycles. The van der Waals surface area contributed by atoms with Gasteiger partial charge in [0.1, 0.15) is 0 Å². The Labute approximate surface area is 272 Å². The third kappa shape index (κ3) is 5.66. The van der Waals surface area contributed by atoms with Crippen molar-refractivity contribution in [1.82, 2.24) is 4.98 Å². The predicted octanol–water partition coefficient (Wildman–Crippen LogP) is 6.23. The van der Waals surface area contributed by atoms with Crippen LogP contribution >= 0.6 is 0 Å². The van der Waals surface area contributed by atoms with Crippen LogP contribution in [-0.4, -0.2) is 64.5 Å². The molecule has 0 aromatic carbocycles. The number of hydrogen-bond donors (Lipinski definition) is 3. The van der Waals surface area contributed by atoms with E-state index in [-0.39, 0.29) is 41.3 Å². The van der Waals surface area contributed by atoms with Gasteiger partial charge in [0.15, 0.2) is 0 Å². The molecule has 2 atom stereocenters. The van der Waals surface area contributed by atoms with Gasteiger partial charge in [-0.2, -0.15) is 0 Å². The summed E-state index contributed by atoms with van der Waals surface area (Å²) >= 11 is 0. The number of aromatic nitrogens is 1. The standard InChI is InChI=1S/C36H38N4O7/c1-9-20-16(3)23-13-25-18(5)22(11-12-29(41)42)32(39-25)31(34(43)36(45)47-8)33-30(35(44)46-7)19(6)26(40-33)15-28-21(10-2)17(4)24(38-28)14-27(20)37-23/h9,13-15,18,22,37,43H,1,10-12H2,2-8H3,(H,41,42)/b24-14?,25-13?,26-15?,34-31-/t18-,22-/m0/s1. The summed E-state index contributed by atoms with van der Waals surface area (Å²) in [6, 6.07) is 0. The quantitative estimate of drug-likeness (QED) is 0.181. The van der Waals surface area contributed by atoms with Crippen LogP contribution in [0.15, 0.2) is 78.3 Å². The van der Waals surface area contributed by atoms with Gasteiger partial charge in [-0.15, -0.1) is 0 Å². The van der Waals surface area contributed by atoms with Gasteiger partial charge in [-0.1, -0.05) is 26.5 Å². The number of fused-ring (bicyclic) bond motifs is 5. The first-order valence-corrected chi connectivity index (χ1v) is 15.4. The lowest BCUT2D eigenvalue weighted by Crippen LogP contribution is -2.28. The molecule has 244 valence electrons. The zero-order chi connectivity index (χ0) is 34.3. The topological polar surface area (TPSA) is 163 Å². The van der Waals surface area contributed by atoms with Crippen LogP contribution < -0.4 is 0 Å². The van der Waals surface area contributed by atoms with Crippen molar-refractivity contribution in [2.45, 2.75) is 53.9 Å². The normalized spacial score (nSPS) is 21.4. The summed E-state index contributed by atoms with van der Waals surface area (Å²) in [5.41, 5.74) is 8.31. The molecule has 5 heterocycles. The zero-order valence-corrected chi connectivity index (χ0v) is 27.6. The smallest absolute Gasteiger partial charge is 0.373 e. The number of nitrogens with zero attached hydrogens (tertiary/aromatic N) is 3. The average Bonchev–Trinajstić information content (AvgIpc) is 3.72. The highest BCUT2D eigenvalue weighted by Gasteiger charge is 2.42. The minimum atomic E-state index is -1.07. The average molecular weight is 639 g/mol. The Kier molecular flexibility index (Phi) is 9.02. The van der Waals surface area contributed by atoms with Gasteiger partial charge in [0.25, 0.3) is 0 Å². The number of aliphatic hydroxyl groups is 1. The molecular formula is C36H38N4O7. The van der Waals surface area contributed by atoms with Crippen LogP contribution in [0.1, 0.15) is 69.5 Å². The second kappa shape index (κ2) is 12.8. The molecule has 4 aliphatic rings. The number of aliphatic imine (C=N–C) groups is 3. The maximum atomic E-state index is 13.4. The number of carbonyl (C=O) groups excluding carboxylic acids is 2. The first-order chi connectivity index (χ1) is 22.4. The fourth-order valence-corrected chi connectivity index (χ4v) is 6.55. The molecule has 4 aliphatic heterocycles. The molecule has 5 rings (SSSR count). The van der Waals surface area contributed by atoms with Crippen LogP contribution in [-0.2, 0) is 23.9 Å². The van der Waals surface area contributed by atoms with E-state index in [1.807, 2.05) is 39.8 Å². The summed E-state index contributed by atoms with van der Waals surface area (Å²) in [5, 5.41) is 21.1. The van der Waals surface area contributed by atoms with Gasteiger partial charge in [-0.3, -0.25) is 9.79 Å². The molecule has 1 aromatic rings. The van der Waals surface area contributed by atoms with E-state index in [9.17, 15) is 24.6 Å². The number of carbonyl (C=O) groups is 3. The summed E-state index contributed by atoms with van der Waals surface area (Å²) in [6.07, 6.45) is 8.04. The summed E-state index contributed by atoms with van der Waals surface area (Å²) in [5.74, 6) is -4.54. The number of rotatable bonds is 7. The number of ether oxygens (including phenoxy) is 2. The summed E-state index contributed by atoms with van der Waals surface area (Å²) in [4.78, 5) is 56.3. The Morgan fingerprint density at radius 2 is 1.68 bits per heavy atom. The van der Waals surface area contributed by atoms with Crippen molar-refractivity contribution in [2.75, 3.05) is 14.2 Å². The lowest BCUT2D eigenvalue weighted by molar-refractivity contribution is -0.139. The Balaban J connectivity index is 1.93. The molecular weight excluding hydrogens is 600 g/mol. The van der Waals surface area contributed by atoms with Crippen LogP contribution in [0.5, 0.6) is 0 Å². The van der Waals surface area contributed by atoms with Crippen LogP contribution in [0.2, 0.25) is 0 Å². The second-order valence-corrected chi connectivity index (χ2v) is 11.8. The summed E-state index contributed by atoms with van der Waals surface area (Å²) < 4.78 is 10.1. The molecule has 3 N–H and O–H groups in total. The minimum Gasteiger partial charge on any atom is -0.501 e. The Morgan fingerprint density at radius 3 is 2.30 bits per heavy atom. The number of aromatic amines is 1. The zero-order valence-electron chi connectivity index (χ0n) is 27.6. The third-order valence-corrected chi connectivity index (χ3v) is 9.23.